The number of H-pyrrole nitrogens is 1. The molecule has 1 amide bonds. The van der Waals surface area contributed by atoms with Crippen molar-refractivity contribution in [1.29, 1.82) is 0 Å². The van der Waals surface area contributed by atoms with Gasteiger partial charge in [0.1, 0.15) is 11.9 Å². The van der Waals surface area contributed by atoms with Crippen molar-refractivity contribution >= 4 is 22.7 Å². The van der Waals surface area contributed by atoms with Gasteiger partial charge in [-0.15, -0.1) is 0 Å². The van der Waals surface area contributed by atoms with E-state index < -0.39 is 6.10 Å². The molecule has 5 N–H and O–H groups in total. The molecule has 1 saturated heterocycles. The second kappa shape index (κ2) is 17.7. The van der Waals surface area contributed by atoms with Crippen molar-refractivity contribution in [3.8, 4) is 16.9 Å². The van der Waals surface area contributed by atoms with Gasteiger partial charge in [0, 0.05) is 36.7 Å². The molecule has 1 fully saturated rings. The van der Waals surface area contributed by atoms with Crippen LogP contribution in [0.2, 0.25) is 0 Å². The number of fused-ring (bicyclic) bond motifs is 1. The molecule has 1 aromatic heterocycles. The van der Waals surface area contributed by atoms with E-state index >= 15 is 0 Å². The minimum Gasteiger partial charge on any atom is -0.506 e. The van der Waals surface area contributed by atoms with Gasteiger partial charge in [0.05, 0.1) is 17.3 Å². The third-order valence-electron chi connectivity index (χ3n) is 8.99. The summed E-state index contributed by atoms with van der Waals surface area (Å²) in [6.45, 7) is 4.28. The first-order chi connectivity index (χ1) is 23.0. The molecule has 1 aliphatic heterocycles. The third-order valence-corrected chi connectivity index (χ3v) is 8.99. The zero-order valence-corrected chi connectivity index (χ0v) is 27.1. The summed E-state index contributed by atoms with van der Waals surface area (Å²) in [7, 11) is 0. The summed E-state index contributed by atoms with van der Waals surface area (Å²) in [4.78, 5) is 29.4. The summed E-state index contributed by atoms with van der Waals surface area (Å²) in [5.74, 6) is -0.00277. The number of aromatic hydroxyl groups is 1. The molecule has 0 spiro atoms. The number of anilines is 1. The molecule has 2 heterocycles. The second-order valence-corrected chi connectivity index (χ2v) is 12.5. The monoisotopic (exact) mass is 640 g/mol. The lowest BCUT2D eigenvalue weighted by Gasteiger charge is -2.31. The number of aromatic nitrogens is 1. The van der Waals surface area contributed by atoms with Crippen LogP contribution in [0.1, 0.15) is 69.5 Å². The lowest BCUT2D eigenvalue weighted by atomic mass is 10.0. The topological polar surface area (TPSA) is 127 Å². The molecule has 1 atom stereocenters. The van der Waals surface area contributed by atoms with E-state index in [0.717, 1.165) is 68.7 Å². The minimum atomic E-state index is -0.727. The van der Waals surface area contributed by atoms with Crippen LogP contribution in [0.3, 0.4) is 0 Å². The van der Waals surface area contributed by atoms with Crippen molar-refractivity contribution in [1.82, 2.24) is 15.2 Å². The Morgan fingerprint density at radius 3 is 2.36 bits per heavy atom. The summed E-state index contributed by atoms with van der Waals surface area (Å²) < 4.78 is 5.78. The van der Waals surface area contributed by atoms with E-state index in [1.165, 1.54) is 44.2 Å². The average Bonchev–Trinajstić information content (AvgIpc) is 3.09. The number of phenolic OH excluding ortho intramolecular Hbond substituents is 1. The molecule has 1 aliphatic rings. The Labute approximate surface area is 277 Å². The number of aromatic amines is 1. The van der Waals surface area contributed by atoms with Crippen molar-refractivity contribution in [2.45, 2.75) is 70.0 Å². The van der Waals surface area contributed by atoms with Crippen LogP contribution in [0.25, 0.3) is 22.0 Å². The number of unbranched alkanes of at least 4 members (excludes halogenated alkanes) is 6. The molecule has 4 aromatic rings. The van der Waals surface area contributed by atoms with E-state index in [1.807, 2.05) is 54.6 Å². The van der Waals surface area contributed by atoms with Gasteiger partial charge in [-0.1, -0.05) is 86.7 Å². The summed E-state index contributed by atoms with van der Waals surface area (Å²) in [5, 5.41) is 27.7. The molecule has 47 heavy (non-hydrogen) atoms. The number of likely N-dealkylation sites (tertiary alicyclic amines) is 1. The molecule has 9 nitrogen and oxygen atoms in total. The second-order valence-electron chi connectivity index (χ2n) is 12.5. The molecule has 0 saturated carbocycles. The Morgan fingerprint density at radius 1 is 0.872 bits per heavy atom. The van der Waals surface area contributed by atoms with E-state index in [-0.39, 0.29) is 23.5 Å². The number of carbonyl (C=O) groups is 1. The number of hydrogen-bond acceptors (Lipinski definition) is 7. The van der Waals surface area contributed by atoms with Crippen LogP contribution in [0.4, 0.5) is 10.5 Å². The first kappa shape index (κ1) is 34.2. The van der Waals surface area contributed by atoms with Gasteiger partial charge in [-0.25, -0.2) is 4.79 Å². The largest absolute Gasteiger partial charge is 0.506 e. The van der Waals surface area contributed by atoms with Crippen LogP contribution in [0, 0.1) is 0 Å². The van der Waals surface area contributed by atoms with E-state index in [0.29, 0.717) is 23.0 Å². The highest BCUT2D eigenvalue weighted by atomic mass is 16.6. The zero-order valence-electron chi connectivity index (χ0n) is 27.1. The van der Waals surface area contributed by atoms with Gasteiger partial charge in [-0.05, 0) is 68.1 Å². The van der Waals surface area contributed by atoms with Crippen molar-refractivity contribution < 1.29 is 19.7 Å². The quantitative estimate of drug-likeness (QED) is 0.0838. The van der Waals surface area contributed by atoms with Gasteiger partial charge in [0.2, 0.25) is 5.56 Å². The first-order valence-corrected chi connectivity index (χ1v) is 17.1. The number of nitrogens with one attached hydrogen (secondary N) is 3. The maximum atomic E-state index is 12.7. The number of aliphatic hydroxyl groups is 1. The average molecular weight is 641 g/mol. The number of piperidine rings is 1. The molecular formula is C38H48N4O5. The normalized spacial score (nSPS) is 14.7. The Morgan fingerprint density at radius 2 is 1.57 bits per heavy atom. The molecule has 0 aliphatic carbocycles. The first-order valence-electron chi connectivity index (χ1n) is 17.1. The van der Waals surface area contributed by atoms with Crippen LogP contribution in [-0.4, -0.2) is 65.0 Å². The van der Waals surface area contributed by atoms with Crippen LogP contribution < -0.4 is 16.2 Å². The van der Waals surface area contributed by atoms with Crippen LogP contribution in [-0.2, 0) is 4.74 Å². The Hall–Kier alpha value is -4.18. The minimum absolute atomic E-state index is 0.00277. The fourth-order valence-corrected chi connectivity index (χ4v) is 6.37. The highest BCUT2D eigenvalue weighted by Crippen LogP contribution is 2.29. The molecule has 250 valence electrons. The number of rotatable bonds is 16. The number of pyridine rings is 1. The van der Waals surface area contributed by atoms with Gasteiger partial charge in [-0.3, -0.25) is 10.1 Å². The predicted octanol–water partition coefficient (Wildman–Crippen LogP) is 6.97. The maximum Gasteiger partial charge on any atom is 0.411 e. The highest BCUT2D eigenvalue weighted by Gasteiger charge is 2.22. The van der Waals surface area contributed by atoms with Gasteiger partial charge in [-0.2, -0.15) is 0 Å². The summed E-state index contributed by atoms with van der Waals surface area (Å²) in [5.41, 5.74) is 3.54. The lowest BCUT2D eigenvalue weighted by Crippen LogP contribution is -2.38. The number of carbonyl (C=O) groups excluding carboxylic acids is 1. The SMILES string of the molecule is O=C(Nc1ccccc1-c1ccccc1)OC1CCN(CCCCCCCCCNC[C@@H](O)c2ccc(O)c3[nH]c(=O)ccc23)CC1. The number of phenols is 1. The molecule has 0 radical (unpaired) electrons. The smallest absolute Gasteiger partial charge is 0.411 e. The van der Waals surface area contributed by atoms with E-state index in [9.17, 15) is 19.8 Å². The fourth-order valence-electron chi connectivity index (χ4n) is 6.37. The Kier molecular flexibility index (Phi) is 12.8. The predicted molar refractivity (Wildman–Crippen MR) is 188 cm³/mol. The lowest BCUT2D eigenvalue weighted by molar-refractivity contribution is 0.0584. The highest BCUT2D eigenvalue weighted by molar-refractivity contribution is 5.91. The fraction of sp³-hybridized carbons (Fsp3) is 0.421. The van der Waals surface area contributed by atoms with Gasteiger partial charge >= 0.3 is 6.09 Å². The zero-order chi connectivity index (χ0) is 32.8. The van der Waals surface area contributed by atoms with Crippen molar-refractivity contribution in [2.24, 2.45) is 0 Å². The molecule has 5 rings (SSSR count). The van der Waals surface area contributed by atoms with E-state index in [2.05, 4.69) is 20.5 Å². The van der Waals surface area contributed by atoms with Gasteiger partial charge in [0.15, 0.2) is 0 Å². The van der Waals surface area contributed by atoms with Gasteiger partial charge < -0.3 is 30.2 Å². The van der Waals surface area contributed by atoms with Crippen LogP contribution in [0.15, 0.2) is 83.7 Å². The van der Waals surface area contributed by atoms with Crippen molar-refractivity contribution in [2.75, 3.05) is 38.0 Å². The number of hydrogen-bond donors (Lipinski definition) is 5. The van der Waals surface area contributed by atoms with E-state index in [4.69, 9.17) is 4.74 Å². The molecule has 3 aromatic carbocycles. The number of ether oxygens (including phenoxy) is 1. The number of amides is 1. The Bertz CT molecular complexity index is 1620. The van der Waals surface area contributed by atoms with Crippen molar-refractivity contribution in [3.05, 3.63) is 94.8 Å². The summed E-state index contributed by atoms with van der Waals surface area (Å²) in [6, 6.07) is 24.1. The molecular weight excluding hydrogens is 592 g/mol. The van der Waals surface area contributed by atoms with Crippen molar-refractivity contribution in [3.63, 3.8) is 0 Å². The summed E-state index contributed by atoms with van der Waals surface area (Å²) >= 11 is 0. The maximum absolute atomic E-state index is 12.7. The number of nitrogens with zero attached hydrogens (tertiary/aromatic N) is 1. The molecule has 9 heteroatoms. The molecule has 0 unspecified atom stereocenters. The third kappa shape index (κ3) is 10.2. The number of benzene rings is 3. The number of para-hydroxylation sites is 1. The van der Waals surface area contributed by atoms with Crippen LogP contribution >= 0.6 is 0 Å². The Balaban J connectivity index is 0.874. The van der Waals surface area contributed by atoms with Gasteiger partial charge in [0.25, 0.3) is 0 Å². The standard InChI is InChI=1S/C38H48N4O5/c43-34-19-17-31(32-18-20-36(45)41-37(32)34)35(44)27-39-23-11-4-2-1-3-5-12-24-42-25-21-29(22-26-42)47-38(46)40-33-16-10-9-15-30(33)28-13-7-6-8-14-28/h6-10,13-20,29,35,39,43-44H,1-5,11-12,21-27H2,(H,40,46)(H,41,45)/t35-/m1/s1. The van der Waals surface area contributed by atoms with Crippen LogP contribution in [0.5, 0.6) is 5.75 Å². The molecule has 0 bridgehead atoms. The van der Waals surface area contributed by atoms with E-state index in [1.54, 1.807) is 12.1 Å². The summed E-state index contributed by atoms with van der Waals surface area (Å²) in [6.07, 6.45) is 8.90. The number of aliphatic hydroxyl groups excluding tert-OH is 1.